The second kappa shape index (κ2) is 10.1. The van der Waals surface area contributed by atoms with Gasteiger partial charge in [-0.15, -0.1) is 0 Å². The molecule has 0 unspecified atom stereocenters. The van der Waals surface area contributed by atoms with E-state index in [-0.39, 0.29) is 25.9 Å². The Kier molecular flexibility index (Phi) is 6.55. The second-order valence-corrected chi connectivity index (χ2v) is 8.24. The van der Waals surface area contributed by atoms with Gasteiger partial charge in [-0.2, -0.15) is 0 Å². The van der Waals surface area contributed by atoms with Crippen LogP contribution < -0.4 is 14.8 Å². The van der Waals surface area contributed by atoms with Crippen molar-refractivity contribution in [2.24, 2.45) is 0 Å². The maximum Gasteiger partial charge on any atom is 0.246 e. The highest BCUT2D eigenvalue weighted by atomic mass is 16.7. The summed E-state index contributed by atoms with van der Waals surface area (Å²) < 4.78 is 21.6. The Morgan fingerprint density at radius 2 is 1.97 bits per heavy atom. The maximum absolute atomic E-state index is 12.1. The molecule has 5 rings (SSSR count). The number of aromatic nitrogens is 1. The number of ether oxygens (including phenoxy) is 3. The summed E-state index contributed by atoms with van der Waals surface area (Å²) in [5.74, 6) is 1.88. The minimum absolute atomic E-state index is 0.0106. The minimum Gasteiger partial charge on any atom is -0.454 e. The smallest absolute Gasteiger partial charge is 0.246 e. The highest BCUT2D eigenvalue weighted by Gasteiger charge is 2.17. The Bertz CT molecular complexity index is 1110. The first kappa shape index (κ1) is 21.5. The SMILES string of the molecule is O=C(COCc1cc(-c2ccc3c(c2)OCO3)on1)NCCCN1CCc2ccccc2C1. The number of amides is 1. The molecule has 0 radical (unpaired) electrons. The average Bonchev–Trinajstić information content (AvgIpc) is 3.51. The summed E-state index contributed by atoms with van der Waals surface area (Å²) >= 11 is 0. The fourth-order valence-electron chi connectivity index (χ4n) is 4.14. The molecule has 1 aromatic heterocycles. The normalized spacial score (nSPS) is 14.8. The van der Waals surface area contributed by atoms with Crippen molar-refractivity contribution in [2.45, 2.75) is 26.0 Å². The molecule has 0 saturated heterocycles. The molecule has 2 aliphatic heterocycles. The predicted octanol–water partition coefficient (Wildman–Crippen LogP) is 3.15. The van der Waals surface area contributed by atoms with Crippen LogP contribution in [0.2, 0.25) is 0 Å². The van der Waals surface area contributed by atoms with Crippen molar-refractivity contribution < 1.29 is 23.5 Å². The van der Waals surface area contributed by atoms with E-state index in [0.29, 0.717) is 29.5 Å². The van der Waals surface area contributed by atoms with Gasteiger partial charge in [-0.3, -0.25) is 9.69 Å². The molecule has 0 spiro atoms. The molecule has 2 aliphatic rings. The fraction of sp³-hybridized carbons (Fsp3) is 0.360. The zero-order valence-corrected chi connectivity index (χ0v) is 18.4. The van der Waals surface area contributed by atoms with Gasteiger partial charge in [0.2, 0.25) is 12.7 Å². The number of hydrogen-bond donors (Lipinski definition) is 1. The zero-order chi connectivity index (χ0) is 22.5. The first-order valence-electron chi connectivity index (χ1n) is 11.2. The Labute approximate surface area is 192 Å². The Hall–Kier alpha value is -3.36. The van der Waals surface area contributed by atoms with E-state index in [0.717, 1.165) is 38.0 Å². The van der Waals surface area contributed by atoms with Crippen molar-refractivity contribution >= 4 is 5.91 Å². The van der Waals surface area contributed by atoms with Gasteiger partial charge in [0.25, 0.3) is 0 Å². The number of nitrogens with zero attached hydrogens (tertiary/aromatic N) is 2. The van der Waals surface area contributed by atoms with E-state index >= 15 is 0 Å². The first-order chi connectivity index (χ1) is 16.2. The van der Waals surface area contributed by atoms with Crippen molar-refractivity contribution in [1.82, 2.24) is 15.4 Å². The maximum atomic E-state index is 12.1. The zero-order valence-electron chi connectivity index (χ0n) is 18.4. The van der Waals surface area contributed by atoms with Crippen molar-refractivity contribution in [3.05, 3.63) is 65.4 Å². The lowest BCUT2D eigenvalue weighted by Gasteiger charge is -2.28. The molecule has 3 heterocycles. The second-order valence-electron chi connectivity index (χ2n) is 8.24. The third-order valence-corrected chi connectivity index (χ3v) is 5.88. The Balaban J connectivity index is 0.988. The van der Waals surface area contributed by atoms with Crippen molar-refractivity contribution in [2.75, 3.05) is 33.0 Å². The van der Waals surface area contributed by atoms with Gasteiger partial charge < -0.3 is 24.1 Å². The third kappa shape index (κ3) is 5.35. The van der Waals surface area contributed by atoms with Crippen LogP contribution in [0.5, 0.6) is 11.5 Å². The van der Waals surface area contributed by atoms with Crippen LogP contribution in [-0.2, 0) is 29.1 Å². The number of carbonyl (C=O) groups excluding carboxylic acids is 1. The van der Waals surface area contributed by atoms with Gasteiger partial charge in [0.15, 0.2) is 17.3 Å². The van der Waals surface area contributed by atoms with Crippen molar-refractivity contribution in [1.29, 1.82) is 0 Å². The quantitative estimate of drug-likeness (QED) is 0.502. The van der Waals surface area contributed by atoms with Crippen LogP contribution in [0.25, 0.3) is 11.3 Å². The van der Waals surface area contributed by atoms with Crippen LogP contribution in [0.3, 0.4) is 0 Å². The molecule has 0 fully saturated rings. The first-order valence-corrected chi connectivity index (χ1v) is 11.2. The minimum atomic E-state index is -0.126. The van der Waals surface area contributed by atoms with Crippen LogP contribution in [0.15, 0.2) is 53.1 Å². The molecule has 0 atom stereocenters. The number of carbonyl (C=O) groups is 1. The Morgan fingerprint density at radius 1 is 1.09 bits per heavy atom. The number of benzene rings is 2. The highest BCUT2D eigenvalue weighted by molar-refractivity contribution is 5.77. The van der Waals surface area contributed by atoms with Gasteiger partial charge >= 0.3 is 0 Å². The molecular formula is C25H27N3O5. The van der Waals surface area contributed by atoms with Crippen LogP contribution in [0.4, 0.5) is 0 Å². The van der Waals surface area contributed by atoms with Gasteiger partial charge in [0.05, 0.1) is 6.61 Å². The third-order valence-electron chi connectivity index (χ3n) is 5.88. The molecular weight excluding hydrogens is 422 g/mol. The standard InChI is InChI=1S/C25H27N3O5/c29-25(26-9-3-10-28-11-8-18-4-1-2-5-20(18)14-28)16-30-15-21-13-23(33-27-21)19-6-7-22-24(12-19)32-17-31-22/h1-2,4-7,12-13H,3,8-11,14-17H2,(H,26,29). The summed E-state index contributed by atoms with van der Waals surface area (Å²) in [6.07, 6.45) is 2.00. The van der Waals surface area contributed by atoms with E-state index in [1.165, 1.54) is 11.1 Å². The van der Waals surface area contributed by atoms with Crippen LogP contribution in [-0.4, -0.2) is 49.0 Å². The van der Waals surface area contributed by atoms with E-state index in [1.807, 2.05) is 18.2 Å². The summed E-state index contributed by atoms with van der Waals surface area (Å²) in [5, 5.41) is 6.94. The molecule has 1 amide bonds. The summed E-state index contributed by atoms with van der Waals surface area (Å²) in [6, 6.07) is 16.0. The number of fused-ring (bicyclic) bond motifs is 2. The summed E-state index contributed by atoms with van der Waals surface area (Å²) in [5.41, 5.74) is 4.33. The van der Waals surface area contributed by atoms with E-state index < -0.39 is 0 Å². The average molecular weight is 450 g/mol. The number of rotatable bonds is 9. The summed E-state index contributed by atoms with van der Waals surface area (Å²) in [4.78, 5) is 14.5. The van der Waals surface area contributed by atoms with E-state index in [9.17, 15) is 4.79 Å². The van der Waals surface area contributed by atoms with Gasteiger partial charge in [-0.25, -0.2) is 0 Å². The molecule has 172 valence electrons. The molecule has 33 heavy (non-hydrogen) atoms. The molecule has 0 aliphatic carbocycles. The van der Waals surface area contributed by atoms with Crippen LogP contribution in [0, 0.1) is 0 Å². The van der Waals surface area contributed by atoms with Gasteiger partial charge in [-0.1, -0.05) is 29.4 Å². The number of nitrogens with one attached hydrogen (secondary N) is 1. The summed E-state index contributed by atoms with van der Waals surface area (Å²) in [7, 11) is 0. The predicted molar refractivity (Wildman–Crippen MR) is 121 cm³/mol. The highest BCUT2D eigenvalue weighted by Crippen LogP contribution is 2.36. The van der Waals surface area contributed by atoms with E-state index in [1.54, 1.807) is 6.07 Å². The molecule has 0 bridgehead atoms. The molecule has 0 saturated carbocycles. The molecule has 8 nitrogen and oxygen atoms in total. The number of hydrogen-bond acceptors (Lipinski definition) is 7. The lowest BCUT2D eigenvalue weighted by Crippen LogP contribution is -2.34. The fourth-order valence-corrected chi connectivity index (χ4v) is 4.14. The van der Waals surface area contributed by atoms with Crippen molar-refractivity contribution in [3.63, 3.8) is 0 Å². The molecule has 3 aromatic rings. The lowest BCUT2D eigenvalue weighted by atomic mass is 10.00. The van der Waals surface area contributed by atoms with Gasteiger partial charge in [0, 0.05) is 37.8 Å². The van der Waals surface area contributed by atoms with Crippen LogP contribution in [0.1, 0.15) is 23.2 Å². The van der Waals surface area contributed by atoms with Gasteiger partial charge in [-0.05, 0) is 42.2 Å². The van der Waals surface area contributed by atoms with Crippen LogP contribution >= 0.6 is 0 Å². The molecule has 1 N–H and O–H groups in total. The largest absolute Gasteiger partial charge is 0.454 e. The summed E-state index contributed by atoms with van der Waals surface area (Å²) in [6.45, 7) is 4.08. The van der Waals surface area contributed by atoms with Gasteiger partial charge in [0.1, 0.15) is 12.3 Å². The Morgan fingerprint density at radius 3 is 2.91 bits per heavy atom. The van der Waals surface area contributed by atoms with E-state index in [2.05, 4.69) is 39.6 Å². The molecule has 8 heteroatoms. The molecule has 2 aromatic carbocycles. The lowest BCUT2D eigenvalue weighted by molar-refractivity contribution is -0.126. The topological polar surface area (TPSA) is 86.1 Å². The monoisotopic (exact) mass is 449 g/mol. The van der Waals surface area contributed by atoms with Crippen molar-refractivity contribution in [3.8, 4) is 22.8 Å². The van der Waals surface area contributed by atoms with E-state index in [4.69, 9.17) is 18.7 Å².